The Balaban J connectivity index is 2.79. The number of nitrogens with one attached hydrogen (secondary N) is 3. The molecule has 0 spiro atoms. The van der Waals surface area contributed by atoms with Crippen molar-refractivity contribution < 1.29 is 34.5 Å². The maximum absolute atomic E-state index is 12.5. The standard InChI is InChI=1S/C19H28N4O7/c1-10(24)15(18(29)21-9-14(26)27)23-19(30)16(11(2)25)22-17(28)13(20)8-12-6-4-3-5-7-12/h3-7,10-11,13,15-16,24-25H,8-9,20H2,1-2H3,(H,21,29)(H,22,28)(H,23,30)(H,26,27). The third-order valence-corrected chi connectivity index (χ3v) is 4.17. The predicted octanol–water partition coefficient (Wildman–Crippen LogP) is -2.51. The molecule has 30 heavy (non-hydrogen) atoms. The first-order valence-electron chi connectivity index (χ1n) is 9.28. The van der Waals surface area contributed by atoms with E-state index in [0.29, 0.717) is 0 Å². The lowest BCUT2D eigenvalue weighted by molar-refractivity contribution is -0.139. The fourth-order valence-corrected chi connectivity index (χ4v) is 2.55. The monoisotopic (exact) mass is 424 g/mol. The average Bonchev–Trinajstić information content (AvgIpc) is 2.68. The van der Waals surface area contributed by atoms with Gasteiger partial charge in [-0.15, -0.1) is 0 Å². The number of nitrogens with two attached hydrogens (primary N) is 1. The summed E-state index contributed by atoms with van der Waals surface area (Å²) in [6.07, 6.45) is -2.50. The van der Waals surface area contributed by atoms with E-state index in [0.717, 1.165) is 5.56 Å². The molecule has 0 aliphatic carbocycles. The third-order valence-electron chi connectivity index (χ3n) is 4.17. The first-order valence-corrected chi connectivity index (χ1v) is 9.28. The highest BCUT2D eigenvalue weighted by molar-refractivity contribution is 5.94. The van der Waals surface area contributed by atoms with E-state index >= 15 is 0 Å². The van der Waals surface area contributed by atoms with Gasteiger partial charge in [0.2, 0.25) is 17.7 Å². The highest BCUT2D eigenvalue weighted by Crippen LogP contribution is 2.04. The minimum absolute atomic E-state index is 0.203. The fraction of sp³-hybridized carbons (Fsp3) is 0.474. The Kier molecular flexibility index (Phi) is 9.89. The zero-order valence-electron chi connectivity index (χ0n) is 16.7. The van der Waals surface area contributed by atoms with Crippen LogP contribution in [0.1, 0.15) is 19.4 Å². The highest BCUT2D eigenvalue weighted by Gasteiger charge is 2.32. The molecule has 1 rings (SSSR count). The Hall–Kier alpha value is -3.02. The van der Waals surface area contributed by atoms with Gasteiger partial charge in [0.25, 0.3) is 0 Å². The number of hydrogen-bond acceptors (Lipinski definition) is 7. The summed E-state index contributed by atoms with van der Waals surface area (Å²) in [5.74, 6) is -3.87. The summed E-state index contributed by atoms with van der Waals surface area (Å²) in [6.45, 7) is 1.77. The summed E-state index contributed by atoms with van der Waals surface area (Å²) in [5.41, 5.74) is 6.69. The van der Waals surface area contributed by atoms with Gasteiger partial charge in [-0.05, 0) is 25.8 Å². The van der Waals surface area contributed by atoms with E-state index in [1.807, 2.05) is 11.4 Å². The van der Waals surface area contributed by atoms with Gasteiger partial charge in [0.15, 0.2) is 0 Å². The van der Waals surface area contributed by atoms with E-state index in [1.54, 1.807) is 24.3 Å². The van der Waals surface area contributed by atoms with Gasteiger partial charge in [0.1, 0.15) is 18.6 Å². The molecular weight excluding hydrogens is 396 g/mol. The van der Waals surface area contributed by atoms with E-state index in [2.05, 4.69) is 10.6 Å². The van der Waals surface area contributed by atoms with Crippen molar-refractivity contribution >= 4 is 23.7 Å². The van der Waals surface area contributed by atoms with Gasteiger partial charge in [-0.3, -0.25) is 19.2 Å². The predicted molar refractivity (Wildman–Crippen MR) is 106 cm³/mol. The molecule has 8 N–H and O–H groups in total. The Bertz CT molecular complexity index is 740. The Labute approximate surface area is 173 Å². The first kappa shape index (κ1) is 25.0. The second kappa shape index (κ2) is 11.9. The lowest BCUT2D eigenvalue weighted by Crippen LogP contribution is -2.61. The van der Waals surface area contributed by atoms with Crippen molar-refractivity contribution in [2.24, 2.45) is 5.73 Å². The van der Waals surface area contributed by atoms with Crippen molar-refractivity contribution in [3.05, 3.63) is 35.9 Å². The van der Waals surface area contributed by atoms with Crippen LogP contribution in [0.15, 0.2) is 30.3 Å². The average molecular weight is 424 g/mol. The van der Waals surface area contributed by atoms with Crippen LogP contribution in [-0.4, -0.2) is 75.9 Å². The summed E-state index contributed by atoms with van der Waals surface area (Å²) in [4.78, 5) is 47.5. The lowest BCUT2D eigenvalue weighted by Gasteiger charge is -2.26. The van der Waals surface area contributed by atoms with Gasteiger partial charge in [0.05, 0.1) is 18.2 Å². The van der Waals surface area contributed by atoms with Crippen LogP contribution in [0.3, 0.4) is 0 Å². The summed E-state index contributed by atoms with van der Waals surface area (Å²) in [7, 11) is 0. The number of carbonyl (C=O) groups excluding carboxylic acids is 3. The molecule has 5 unspecified atom stereocenters. The van der Waals surface area contributed by atoms with Crippen LogP contribution < -0.4 is 21.7 Å². The zero-order valence-corrected chi connectivity index (χ0v) is 16.7. The normalized spacial score (nSPS) is 15.8. The van der Waals surface area contributed by atoms with E-state index in [9.17, 15) is 29.4 Å². The molecule has 0 fully saturated rings. The first-order chi connectivity index (χ1) is 14.0. The van der Waals surface area contributed by atoms with Gasteiger partial charge in [0, 0.05) is 0 Å². The molecule has 166 valence electrons. The van der Waals surface area contributed by atoms with Crippen LogP contribution in [0.25, 0.3) is 0 Å². The molecule has 5 atom stereocenters. The summed E-state index contributed by atoms with van der Waals surface area (Å²) in [6, 6.07) is 5.03. The Morgan fingerprint density at radius 2 is 1.40 bits per heavy atom. The molecule has 0 heterocycles. The molecule has 0 radical (unpaired) electrons. The van der Waals surface area contributed by atoms with E-state index in [-0.39, 0.29) is 6.42 Å². The van der Waals surface area contributed by atoms with Gasteiger partial charge in [-0.1, -0.05) is 30.3 Å². The second-order valence-electron chi connectivity index (χ2n) is 6.86. The molecule has 1 aromatic rings. The molecule has 0 aromatic heterocycles. The molecule has 0 saturated heterocycles. The van der Waals surface area contributed by atoms with Gasteiger partial charge < -0.3 is 37.0 Å². The number of aliphatic carboxylic acids is 1. The smallest absolute Gasteiger partial charge is 0.322 e. The second-order valence-corrected chi connectivity index (χ2v) is 6.86. The van der Waals surface area contributed by atoms with Crippen molar-refractivity contribution in [3.8, 4) is 0 Å². The van der Waals surface area contributed by atoms with E-state index in [4.69, 9.17) is 10.8 Å². The number of aliphatic hydroxyl groups excluding tert-OH is 2. The molecule has 3 amide bonds. The number of aliphatic hydroxyl groups is 2. The third kappa shape index (κ3) is 8.15. The van der Waals surface area contributed by atoms with Gasteiger partial charge in [-0.25, -0.2) is 0 Å². The lowest BCUT2D eigenvalue weighted by atomic mass is 10.0. The maximum atomic E-state index is 12.5. The van der Waals surface area contributed by atoms with Crippen molar-refractivity contribution in [1.29, 1.82) is 0 Å². The SMILES string of the molecule is CC(O)C(NC(=O)C(N)Cc1ccccc1)C(=O)NC(C(=O)NCC(=O)O)C(C)O. The quantitative estimate of drug-likeness (QED) is 0.202. The summed E-state index contributed by atoms with van der Waals surface area (Å²) >= 11 is 0. The van der Waals surface area contributed by atoms with Crippen molar-refractivity contribution in [2.75, 3.05) is 6.54 Å². The molecule has 1 aromatic carbocycles. The fourth-order valence-electron chi connectivity index (χ4n) is 2.55. The minimum atomic E-state index is -1.49. The van der Waals surface area contributed by atoms with Gasteiger partial charge >= 0.3 is 5.97 Å². The number of carboxylic acid groups (broad SMARTS) is 1. The highest BCUT2D eigenvalue weighted by atomic mass is 16.4. The largest absolute Gasteiger partial charge is 0.480 e. The molecular formula is C19H28N4O7. The van der Waals surface area contributed by atoms with Crippen molar-refractivity contribution in [3.63, 3.8) is 0 Å². The van der Waals surface area contributed by atoms with Crippen LogP contribution in [-0.2, 0) is 25.6 Å². The number of rotatable bonds is 11. The Morgan fingerprint density at radius 3 is 1.90 bits per heavy atom. The molecule has 0 aliphatic heterocycles. The van der Waals surface area contributed by atoms with Crippen LogP contribution in [0.2, 0.25) is 0 Å². The van der Waals surface area contributed by atoms with Crippen LogP contribution >= 0.6 is 0 Å². The molecule has 0 aliphatic rings. The molecule has 11 nitrogen and oxygen atoms in total. The topological polar surface area (TPSA) is 191 Å². The Morgan fingerprint density at radius 1 is 0.900 bits per heavy atom. The minimum Gasteiger partial charge on any atom is -0.480 e. The zero-order chi connectivity index (χ0) is 22.8. The number of carbonyl (C=O) groups is 4. The van der Waals surface area contributed by atoms with E-state index in [1.165, 1.54) is 13.8 Å². The van der Waals surface area contributed by atoms with Crippen LogP contribution in [0, 0.1) is 0 Å². The number of carboxylic acids is 1. The molecule has 0 saturated carbocycles. The van der Waals surface area contributed by atoms with E-state index < -0.39 is 60.6 Å². The van der Waals surface area contributed by atoms with Crippen LogP contribution in [0.4, 0.5) is 0 Å². The van der Waals surface area contributed by atoms with Crippen molar-refractivity contribution in [1.82, 2.24) is 16.0 Å². The molecule has 0 bridgehead atoms. The summed E-state index contributed by atoms with van der Waals surface area (Å²) in [5, 5.41) is 34.9. The maximum Gasteiger partial charge on any atom is 0.322 e. The van der Waals surface area contributed by atoms with Crippen LogP contribution in [0.5, 0.6) is 0 Å². The number of benzene rings is 1. The van der Waals surface area contributed by atoms with Crippen molar-refractivity contribution in [2.45, 2.75) is 50.6 Å². The number of hydrogen-bond donors (Lipinski definition) is 7. The summed E-state index contributed by atoms with van der Waals surface area (Å²) < 4.78 is 0. The molecule has 11 heteroatoms. The van der Waals surface area contributed by atoms with Gasteiger partial charge in [-0.2, -0.15) is 0 Å². The number of amides is 3.